The largest absolute Gasteiger partial charge is 0.504 e. The number of hydrogen-bond acceptors (Lipinski definition) is 3. The summed E-state index contributed by atoms with van der Waals surface area (Å²) < 4.78 is 19.0. The van der Waals surface area contributed by atoms with Crippen molar-refractivity contribution < 1.29 is 19.0 Å². The molecule has 0 aromatic heterocycles. The predicted octanol–water partition coefficient (Wildman–Crippen LogP) is 3.94. The summed E-state index contributed by atoms with van der Waals surface area (Å²) in [6.45, 7) is 1.26. The van der Waals surface area contributed by atoms with Gasteiger partial charge in [-0.3, -0.25) is 4.79 Å². The van der Waals surface area contributed by atoms with E-state index in [1.807, 2.05) is 0 Å². The summed E-state index contributed by atoms with van der Waals surface area (Å²) in [5, 5.41) is 12.0. The van der Waals surface area contributed by atoms with Gasteiger partial charge in [0.25, 0.3) is 0 Å². The normalized spacial score (nSPS) is 10.2. The highest BCUT2D eigenvalue weighted by atomic mass is 35.5. The summed E-state index contributed by atoms with van der Waals surface area (Å²) in [5.74, 6) is -0.864. The van der Waals surface area contributed by atoms with Crippen molar-refractivity contribution in [2.24, 2.45) is 0 Å². The Balaban J connectivity index is 2.36. The van der Waals surface area contributed by atoms with Crippen molar-refractivity contribution in [3.8, 4) is 17.2 Å². The van der Waals surface area contributed by atoms with Crippen molar-refractivity contribution in [1.82, 2.24) is 0 Å². The lowest BCUT2D eigenvalue weighted by Gasteiger charge is -2.11. The van der Waals surface area contributed by atoms with Crippen LogP contribution in [-0.4, -0.2) is 11.0 Å². The van der Waals surface area contributed by atoms with Gasteiger partial charge in [0, 0.05) is 13.0 Å². The number of halogens is 2. The molecule has 2 rings (SSSR count). The van der Waals surface area contributed by atoms with Gasteiger partial charge < -0.3 is 15.2 Å². The number of phenols is 1. The second-order valence-electron chi connectivity index (χ2n) is 4.01. The number of ether oxygens (including phenoxy) is 1. The number of amides is 1. The summed E-state index contributed by atoms with van der Waals surface area (Å²) in [4.78, 5) is 11.0. The molecule has 104 valence electrons. The Labute approximate surface area is 119 Å². The van der Waals surface area contributed by atoms with Crippen LogP contribution in [0, 0.1) is 5.82 Å². The van der Waals surface area contributed by atoms with E-state index in [2.05, 4.69) is 5.32 Å². The van der Waals surface area contributed by atoms with E-state index < -0.39 is 11.7 Å². The third kappa shape index (κ3) is 3.19. The molecule has 1 amide bonds. The van der Waals surface area contributed by atoms with E-state index in [0.29, 0.717) is 0 Å². The molecule has 0 atom stereocenters. The van der Waals surface area contributed by atoms with E-state index in [4.69, 9.17) is 16.3 Å². The second kappa shape index (κ2) is 5.79. The number of nitrogens with one attached hydrogen (secondary N) is 1. The fourth-order valence-electron chi connectivity index (χ4n) is 1.55. The van der Waals surface area contributed by atoms with Crippen LogP contribution in [-0.2, 0) is 4.79 Å². The molecule has 0 heterocycles. The topological polar surface area (TPSA) is 58.6 Å². The van der Waals surface area contributed by atoms with Crippen LogP contribution in [0.5, 0.6) is 17.2 Å². The van der Waals surface area contributed by atoms with Crippen molar-refractivity contribution in [2.45, 2.75) is 6.92 Å². The van der Waals surface area contributed by atoms with Crippen LogP contribution in [0.3, 0.4) is 0 Å². The first-order valence-electron chi connectivity index (χ1n) is 5.70. The van der Waals surface area contributed by atoms with Crippen LogP contribution < -0.4 is 10.1 Å². The minimum Gasteiger partial charge on any atom is -0.504 e. The number of anilines is 1. The minimum absolute atomic E-state index is 0.0276. The van der Waals surface area contributed by atoms with Crippen molar-refractivity contribution in [2.75, 3.05) is 5.32 Å². The number of carbonyl (C=O) groups is 1. The molecule has 0 spiro atoms. The molecule has 0 aliphatic rings. The van der Waals surface area contributed by atoms with Gasteiger partial charge in [-0.25, -0.2) is 4.39 Å². The van der Waals surface area contributed by atoms with Gasteiger partial charge in [0.15, 0.2) is 11.5 Å². The Hall–Kier alpha value is -2.27. The number of benzene rings is 2. The standard InChI is InChI=1S/C14H11ClFNO3/c1-8(18)17-11-7-14(9(15)6-10(11)16)20-13-5-3-2-4-12(13)19/h2-7,19H,1H3,(H,17,18). The zero-order valence-electron chi connectivity index (χ0n) is 10.5. The minimum atomic E-state index is -0.671. The molecular formula is C14H11ClFNO3. The molecule has 0 aliphatic carbocycles. The van der Waals surface area contributed by atoms with Gasteiger partial charge in [0.2, 0.25) is 5.91 Å². The lowest BCUT2D eigenvalue weighted by atomic mass is 10.2. The van der Waals surface area contributed by atoms with Gasteiger partial charge in [-0.2, -0.15) is 0 Å². The quantitative estimate of drug-likeness (QED) is 0.902. The van der Waals surface area contributed by atoms with E-state index in [1.165, 1.54) is 25.1 Å². The third-order valence-electron chi connectivity index (χ3n) is 2.42. The summed E-state index contributed by atoms with van der Waals surface area (Å²) in [7, 11) is 0. The lowest BCUT2D eigenvalue weighted by molar-refractivity contribution is -0.114. The summed E-state index contributed by atoms with van der Waals surface area (Å²) in [5.41, 5.74) is -0.0488. The van der Waals surface area contributed by atoms with Crippen LogP contribution in [0.2, 0.25) is 5.02 Å². The molecule has 0 radical (unpaired) electrons. The first kappa shape index (κ1) is 14.1. The monoisotopic (exact) mass is 295 g/mol. The van der Waals surface area contributed by atoms with Gasteiger partial charge in [-0.05, 0) is 18.2 Å². The van der Waals surface area contributed by atoms with E-state index in [1.54, 1.807) is 12.1 Å². The zero-order chi connectivity index (χ0) is 14.7. The molecule has 0 saturated carbocycles. The Kier molecular flexibility index (Phi) is 4.10. The second-order valence-corrected chi connectivity index (χ2v) is 4.42. The highest BCUT2D eigenvalue weighted by Gasteiger charge is 2.12. The van der Waals surface area contributed by atoms with E-state index >= 15 is 0 Å². The van der Waals surface area contributed by atoms with Crippen LogP contribution in [0.4, 0.5) is 10.1 Å². The fraction of sp³-hybridized carbons (Fsp3) is 0.0714. The Morgan fingerprint density at radius 1 is 1.30 bits per heavy atom. The lowest BCUT2D eigenvalue weighted by Crippen LogP contribution is -2.07. The molecule has 0 aliphatic heterocycles. The zero-order valence-corrected chi connectivity index (χ0v) is 11.2. The molecule has 0 unspecified atom stereocenters. The molecule has 2 N–H and O–H groups in total. The first-order valence-corrected chi connectivity index (χ1v) is 6.07. The molecule has 0 bridgehead atoms. The van der Waals surface area contributed by atoms with Crippen LogP contribution in [0.25, 0.3) is 0 Å². The average molecular weight is 296 g/mol. The maximum atomic E-state index is 13.6. The number of phenolic OH excluding ortho intramolecular Hbond substituents is 1. The number of carbonyl (C=O) groups excluding carboxylic acids is 1. The van der Waals surface area contributed by atoms with Gasteiger partial charge >= 0.3 is 0 Å². The number of rotatable bonds is 3. The highest BCUT2D eigenvalue weighted by molar-refractivity contribution is 6.32. The van der Waals surface area contributed by atoms with Crippen molar-refractivity contribution >= 4 is 23.2 Å². The van der Waals surface area contributed by atoms with Gasteiger partial charge in [-0.1, -0.05) is 23.7 Å². The predicted molar refractivity (Wildman–Crippen MR) is 73.9 cm³/mol. The Bertz CT molecular complexity index is 661. The Morgan fingerprint density at radius 2 is 2.00 bits per heavy atom. The molecule has 20 heavy (non-hydrogen) atoms. The van der Waals surface area contributed by atoms with E-state index in [0.717, 1.165) is 6.07 Å². The molecule has 0 saturated heterocycles. The average Bonchev–Trinajstić information content (AvgIpc) is 2.37. The van der Waals surface area contributed by atoms with Crippen molar-refractivity contribution in [3.05, 3.63) is 47.2 Å². The van der Waals surface area contributed by atoms with Gasteiger partial charge in [-0.15, -0.1) is 0 Å². The van der Waals surface area contributed by atoms with Gasteiger partial charge in [0.05, 0.1) is 10.7 Å². The van der Waals surface area contributed by atoms with Crippen LogP contribution in [0.15, 0.2) is 36.4 Å². The smallest absolute Gasteiger partial charge is 0.221 e. The van der Waals surface area contributed by atoms with E-state index in [9.17, 15) is 14.3 Å². The number of aromatic hydroxyl groups is 1. The molecule has 0 fully saturated rings. The Morgan fingerprint density at radius 3 is 2.65 bits per heavy atom. The van der Waals surface area contributed by atoms with Crippen molar-refractivity contribution in [3.63, 3.8) is 0 Å². The van der Waals surface area contributed by atoms with Crippen molar-refractivity contribution in [1.29, 1.82) is 0 Å². The van der Waals surface area contributed by atoms with E-state index in [-0.39, 0.29) is 28.0 Å². The maximum absolute atomic E-state index is 13.6. The molecule has 2 aromatic rings. The highest BCUT2D eigenvalue weighted by Crippen LogP contribution is 2.36. The first-order chi connectivity index (χ1) is 9.47. The molecule has 6 heteroatoms. The fourth-order valence-corrected chi connectivity index (χ4v) is 1.74. The molecular weight excluding hydrogens is 285 g/mol. The number of hydrogen-bond donors (Lipinski definition) is 2. The van der Waals surface area contributed by atoms with Gasteiger partial charge in [0.1, 0.15) is 11.6 Å². The third-order valence-corrected chi connectivity index (χ3v) is 2.71. The SMILES string of the molecule is CC(=O)Nc1cc(Oc2ccccc2O)c(Cl)cc1F. The summed E-state index contributed by atoms with van der Waals surface area (Å²) >= 11 is 5.88. The molecule has 2 aromatic carbocycles. The summed E-state index contributed by atoms with van der Waals surface area (Å²) in [6, 6.07) is 8.57. The van der Waals surface area contributed by atoms with Crippen LogP contribution in [0.1, 0.15) is 6.92 Å². The molecule has 4 nitrogen and oxygen atoms in total. The summed E-state index contributed by atoms with van der Waals surface area (Å²) in [6.07, 6.45) is 0. The maximum Gasteiger partial charge on any atom is 0.221 e. The number of para-hydroxylation sites is 2. The van der Waals surface area contributed by atoms with Crippen LogP contribution >= 0.6 is 11.6 Å².